The lowest BCUT2D eigenvalue weighted by molar-refractivity contribution is 0.118. The van der Waals surface area contributed by atoms with E-state index in [1.807, 2.05) is 19.1 Å². The third kappa shape index (κ3) is 3.37. The highest BCUT2D eigenvalue weighted by Gasteiger charge is 2.33. The fourth-order valence-corrected chi connectivity index (χ4v) is 3.07. The molecule has 0 bridgehead atoms. The monoisotopic (exact) mass is 280 g/mol. The van der Waals surface area contributed by atoms with Gasteiger partial charge in [-0.15, -0.1) is 0 Å². The number of halogens is 1. The standard InChI is InChI=1S/C16H25FN2O/c1-3-15(18)16(12-4-6-14(17)7-5-12)19-9-8-13(10-19)11(2)20/h4-7,11,13,15-16,20H,3,8-10,18H2,1-2H3. The summed E-state index contributed by atoms with van der Waals surface area (Å²) >= 11 is 0. The van der Waals surface area contributed by atoms with Crippen molar-refractivity contribution in [3.63, 3.8) is 0 Å². The van der Waals surface area contributed by atoms with Gasteiger partial charge in [0.15, 0.2) is 0 Å². The number of nitrogens with zero attached hydrogens (tertiary/aromatic N) is 1. The molecule has 4 unspecified atom stereocenters. The van der Waals surface area contributed by atoms with Crippen molar-refractivity contribution in [2.75, 3.05) is 13.1 Å². The van der Waals surface area contributed by atoms with Crippen LogP contribution in [-0.4, -0.2) is 35.2 Å². The average Bonchev–Trinajstić information content (AvgIpc) is 2.90. The van der Waals surface area contributed by atoms with Gasteiger partial charge in [-0.05, 0) is 49.9 Å². The van der Waals surface area contributed by atoms with Crippen LogP contribution in [0, 0.1) is 11.7 Å². The Kier molecular flexibility index (Phi) is 5.13. The predicted molar refractivity (Wildman–Crippen MR) is 78.8 cm³/mol. The molecule has 0 saturated carbocycles. The predicted octanol–water partition coefficient (Wildman–Crippen LogP) is 2.31. The first-order valence-electron chi connectivity index (χ1n) is 7.46. The Morgan fingerprint density at radius 2 is 2.05 bits per heavy atom. The Labute approximate surface area is 120 Å². The molecule has 2 rings (SSSR count). The van der Waals surface area contributed by atoms with Gasteiger partial charge in [-0.3, -0.25) is 4.90 Å². The summed E-state index contributed by atoms with van der Waals surface area (Å²) in [6, 6.07) is 6.76. The molecule has 0 radical (unpaired) electrons. The van der Waals surface area contributed by atoms with Crippen LogP contribution in [0.15, 0.2) is 24.3 Å². The maximum Gasteiger partial charge on any atom is 0.123 e. The number of nitrogens with two attached hydrogens (primary N) is 1. The zero-order valence-corrected chi connectivity index (χ0v) is 12.3. The molecule has 1 saturated heterocycles. The zero-order chi connectivity index (χ0) is 14.7. The lowest BCUT2D eigenvalue weighted by Gasteiger charge is -2.33. The Hall–Kier alpha value is -0.970. The van der Waals surface area contributed by atoms with E-state index in [0.29, 0.717) is 5.92 Å². The summed E-state index contributed by atoms with van der Waals surface area (Å²) < 4.78 is 13.1. The van der Waals surface area contributed by atoms with Crippen LogP contribution in [0.2, 0.25) is 0 Å². The van der Waals surface area contributed by atoms with Gasteiger partial charge in [0.25, 0.3) is 0 Å². The fourth-order valence-electron chi connectivity index (χ4n) is 3.07. The van der Waals surface area contributed by atoms with Crippen LogP contribution >= 0.6 is 0 Å². The van der Waals surface area contributed by atoms with Gasteiger partial charge in [0, 0.05) is 18.6 Å². The smallest absolute Gasteiger partial charge is 0.123 e. The molecular weight excluding hydrogens is 255 g/mol. The van der Waals surface area contributed by atoms with Crippen molar-refractivity contribution in [3.8, 4) is 0 Å². The molecule has 1 fully saturated rings. The maximum absolute atomic E-state index is 13.1. The van der Waals surface area contributed by atoms with Gasteiger partial charge in [-0.25, -0.2) is 4.39 Å². The molecule has 112 valence electrons. The van der Waals surface area contributed by atoms with E-state index in [2.05, 4.69) is 11.8 Å². The molecule has 3 nitrogen and oxygen atoms in total. The van der Waals surface area contributed by atoms with Gasteiger partial charge in [0.1, 0.15) is 5.82 Å². The summed E-state index contributed by atoms with van der Waals surface area (Å²) in [5.41, 5.74) is 7.35. The summed E-state index contributed by atoms with van der Waals surface area (Å²) in [6.45, 7) is 5.71. The van der Waals surface area contributed by atoms with Crippen LogP contribution in [0.25, 0.3) is 0 Å². The van der Waals surface area contributed by atoms with Crippen molar-refractivity contribution in [2.24, 2.45) is 11.7 Å². The van der Waals surface area contributed by atoms with Crippen molar-refractivity contribution in [3.05, 3.63) is 35.6 Å². The van der Waals surface area contributed by atoms with E-state index in [0.717, 1.165) is 31.5 Å². The Bertz CT molecular complexity index is 421. The molecule has 1 aromatic rings. The minimum absolute atomic E-state index is 0.0215. The number of rotatable bonds is 5. The molecule has 0 spiro atoms. The Morgan fingerprint density at radius 1 is 1.40 bits per heavy atom. The van der Waals surface area contributed by atoms with Crippen LogP contribution in [0.4, 0.5) is 4.39 Å². The molecule has 0 aliphatic carbocycles. The minimum Gasteiger partial charge on any atom is -0.393 e. The number of aliphatic hydroxyl groups excluding tert-OH is 1. The van der Waals surface area contributed by atoms with Gasteiger partial charge in [-0.2, -0.15) is 0 Å². The number of hydrogen-bond donors (Lipinski definition) is 2. The van der Waals surface area contributed by atoms with Crippen molar-refractivity contribution in [1.82, 2.24) is 4.90 Å². The summed E-state index contributed by atoms with van der Waals surface area (Å²) in [5, 5.41) is 9.75. The van der Waals surface area contributed by atoms with Gasteiger partial charge in [-0.1, -0.05) is 19.1 Å². The first-order chi connectivity index (χ1) is 9.52. The third-order valence-electron chi connectivity index (χ3n) is 4.42. The number of likely N-dealkylation sites (tertiary alicyclic amines) is 1. The van der Waals surface area contributed by atoms with E-state index >= 15 is 0 Å². The molecule has 1 aromatic carbocycles. The molecular formula is C16H25FN2O. The molecule has 1 heterocycles. The fraction of sp³-hybridized carbons (Fsp3) is 0.625. The van der Waals surface area contributed by atoms with Gasteiger partial charge in [0.05, 0.1) is 6.10 Å². The van der Waals surface area contributed by atoms with Crippen molar-refractivity contribution in [1.29, 1.82) is 0 Å². The lowest BCUT2D eigenvalue weighted by Crippen LogP contribution is -2.40. The second-order valence-electron chi connectivity index (χ2n) is 5.85. The minimum atomic E-state index is -0.285. The topological polar surface area (TPSA) is 49.5 Å². The zero-order valence-electron chi connectivity index (χ0n) is 12.3. The van der Waals surface area contributed by atoms with Crippen LogP contribution < -0.4 is 5.73 Å². The highest BCUT2D eigenvalue weighted by atomic mass is 19.1. The Balaban J connectivity index is 2.18. The molecule has 3 N–H and O–H groups in total. The van der Waals surface area contributed by atoms with E-state index in [4.69, 9.17) is 5.73 Å². The quantitative estimate of drug-likeness (QED) is 0.870. The second-order valence-corrected chi connectivity index (χ2v) is 5.85. The van der Waals surface area contributed by atoms with Crippen molar-refractivity contribution >= 4 is 0 Å². The third-order valence-corrected chi connectivity index (χ3v) is 4.42. The Morgan fingerprint density at radius 3 is 2.55 bits per heavy atom. The molecule has 1 aliphatic heterocycles. The maximum atomic E-state index is 13.1. The highest BCUT2D eigenvalue weighted by molar-refractivity contribution is 5.22. The second kappa shape index (κ2) is 6.66. The summed E-state index contributed by atoms with van der Waals surface area (Å²) in [4.78, 5) is 2.33. The van der Waals surface area contributed by atoms with E-state index in [1.165, 1.54) is 12.1 Å². The summed E-state index contributed by atoms with van der Waals surface area (Å²) in [6.07, 6.45) is 1.58. The number of benzene rings is 1. The van der Waals surface area contributed by atoms with E-state index in [9.17, 15) is 9.50 Å². The van der Waals surface area contributed by atoms with Crippen molar-refractivity contribution < 1.29 is 9.50 Å². The van der Waals surface area contributed by atoms with E-state index in [1.54, 1.807) is 0 Å². The summed E-state index contributed by atoms with van der Waals surface area (Å²) in [7, 11) is 0. The number of aliphatic hydroxyl groups is 1. The van der Waals surface area contributed by atoms with Gasteiger partial charge in [0.2, 0.25) is 0 Å². The first-order valence-corrected chi connectivity index (χ1v) is 7.46. The molecule has 0 aromatic heterocycles. The van der Waals surface area contributed by atoms with Crippen LogP contribution in [0.3, 0.4) is 0 Å². The van der Waals surface area contributed by atoms with Gasteiger partial charge < -0.3 is 10.8 Å². The lowest BCUT2D eigenvalue weighted by atomic mass is 9.96. The first kappa shape index (κ1) is 15.4. The SMILES string of the molecule is CCC(N)C(c1ccc(F)cc1)N1CCC(C(C)O)C1. The number of hydrogen-bond acceptors (Lipinski definition) is 3. The highest BCUT2D eigenvalue weighted by Crippen LogP contribution is 2.31. The van der Waals surface area contributed by atoms with Crippen LogP contribution in [-0.2, 0) is 0 Å². The van der Waals surface area contributed by atoms with E-state index in [-0.39, 0.29) is 24.0 Å². The van der Waals surface area contributed by atoms with E-state index < -0.39 is 0 Å². The average molecular weight is 280 g/mol. The molecule has 20 heavy (non-hydrogen) atoms. The molecule has 4 heteroatoms. The van der Waals surface area contributed by atoms with Gasteiger partial charge >= 0.3 is 0 Å². The van der Waals surface area contributed by atoms with Crippen LogP contribution in [0.5, 0.6) is 0 Å². The molecule has 0 amide bonds. The summed E-state index contributed by atoms with van der Waals surface area (Å²) in [5.74, 6) is 0.0860. The molecule has 1 aliphatic rings. The normalized spacial score (nSPS) is 24.6. The largest absolute Gasteiger partial charge is 0.393 e. The molecule has 4 atom stereocenters. The van der Waals surface area contributed by atoms with Crippen LogP contribution in [0.1, 0.15) is 38.3 Å². The van der Waals surface area contributed by atoms with Crippen molar-refractivity contribution in [2.45, 2.75) is 44.9 Å².